The summed E-state index contributed by atoms with van der Waals surface area (Å²) in [6.07, 6.45) is 1.24. The van der Waals surface area contributed by atoms with E-state index < -0.39 is 26.1 Å². The second-order valence-corrected chi connectivity index (χ2v) is 11.4. The van der Waals surface area contributed by atoms with Crippen LogP contribution in [0.15, 0.2) is 29.2 Å². The molecule has 0 saturated carbocycles. The van der Waals surface area contributed by atoms with Crippen molar-refractivity contribution < 1.29 is 18.3 Å². The molecule has 0 unspecified atom stereocenters. The molecule has 0 aliphatic carbocycles. The molecule has 1 aromatic rings. The fourth-order valence-electron chi connectivity index (χ4n) is 2.59. The number of benzene rings is 1. The molecule has 1 aliphatic rings. The summed E-state index contributed by atoms with van der Waals surface area (Å²) in [5.41, 5.74) is 0.985. The van der Waals surface area contributed by atoms with Gasteiger partial charge in [0.05, 0.1) is 4.90 Å². The van der Waals surface area contributed by atoms with E-state index in [1.54, 1.807) is 24.3 Å². The summed E-state index contributed by atoms with van der Waals surface area (Å²) < 4.78 is 27.2. The number of carbonyl (C=O) groups is 1. The molecule has 1 atom stereocenters. The molecule has 5 nitrogen and oxygen atoms in total. The Morgan fingerprint density at radius 3 is 2.28 bits per heavy atom. The number of hydrogen-bond donors (Lipinski definition) is 2. The first-order valence-electron chi connectivity index (χ1n) is 8.26. The van der Waals surface area contributed by atoms with Crippen molar-refractivity contribution in [1.82, 2.24) is 4.72 Å². The highest BCUT2D eigenvalue weighted by Gasteiger charge is 2.44. The minimum atomic E-state index is -3.69. The normalized spacial score (nSPS) is 18.9. The molecule has 1 fully saturated rings. The molecule has 0 bridgehead atoms. The molecule has 2 N–H and O–H groups in total. The zero-order valence-corrected chi connectivity index (χ0v) is 17.1. The Morgan fingerprint density at radius 2 is 1.80 bits per heavy atom. The van der Waals surface area contributed by atoms with Crippen molar-refractivity contribution in [1.29, 1.82) is 0 Å². The van der Waals surface area contributed by atoms with Crippen molar-refractivity contribution in [2.24, 2.45) is 5.92 Å². The van der Waals surface area contributed by atoms with Gasteiger partial charge in [-0.3, -0.25) is 0 Å². The van der Waals surface area contributed by atoms with Crippen molar-refractivity contribution in [3.63, 3.8) is 0 Å². The number of carboxylic acids is 1. The van der Waals surface area contributed by atoms with Gasteiger partial charge >= 0.3 is 5.97 Å². The molecule has 1 aromatic carbocycles. The van der Waals surface area contributed by atoms with Crippen LogP contribution in [0.5, 0.6) is 0 Å². The van der Waals surface area contributed by atoms with Gasteiger partial charge in [0.15, 0.2) is 4.08 Å². The molecule has 1 aliphatic heterocycles. The average Bonchev–Trinajstić information content (AvgIpc) is 2.55. The Kier molecular flexibility index (Phi) is 6.87. The van der Waals surface area contributed by atoms with Crippen LogP contribution in [-0.2, 0) is 14.8 Å². The maximum Gasteiger partial charge on any atom is 0.330 e. The van der Waals surface area contributed by atoms with E-state index in [0.717, 1.165) is 23.5 Å². The summed E-state index contributed by atoms with van der Waals surface area (Å²) in [5, 5.41) is 9.75. The minimum absolute atomic E-state index is 0.0143. The first-order chi connectivity index (χ1) is 11.7. The van der Waals surface area contributed by atoms with Gasteiger partial charge in [-0.2, -0.15) is 0 Å². The number of aryl methyl sites for hydroxylation is 1. The Morgan fingerprint density at radius 1 is 1.24 bits per heavy atom. The molecule has 0 aromatic heterocycles. The molecule has 1 heterocycles. The number of rotatable bonds is 7. The molecular formula is C17H25NO4S3. The SMILES string of the molecule is Cc1ccc(S(=O)(=O)N[C@H](CC2(C(=O)O)SCCCS2)C(C)C)cc1. The van der Waals surface area contributed by atoms with Crippen LogP contribution in [0.25, 0.3) is 0 Å². The molecule has 8 heteroatoms. The van der Waals surface area contributed by atoms with E-state index in [9.17, 15) is 18.3 Å². The van der Waals surface area contributed by atoms with Crippen molar-refractivity contribution in [2.75, 3.05) is 11.5 Å². The van der Waals surface area contributed by atoms with E-state index in [4.69, 9.17) is 0 Å². The van der Waals surface area contributed by atoms with Gasteiger partial charge in [0.2, 0.25) is 10.0 Å². The average molecular weight is 404 g/mol. The minimum Gasteiger partial charge on any atom is -0.480 e. The van der Waals surface area contributed by atoms with Gasteiger partial charge in [0.1, 0.15) is 0 Å². The van der Waals surface area contributed by atoms with Crippen LogP contribution in [0, 0.1) is 12.8 Å². The van der Waals surface area contributed by atoms with Crippen LogP contribution >= 0.6 is 23.5 Å². The fraction of sp³-hybridized carbons (Fsp3) is 0.588. The zero-order valence-electron chi connectivity index (χ0n) is 14.7. The van der Waals surface area contributed by atoms with E-state index in [-0.39, 0.29) is 17.2 Å². The summed E-state index contributed by atoms with van der Waals surface area (Å²) in [7, 11) is -3.69. The lowest BCUT2D eigenvalue weighted by molar-refractivity contribution is -0.137. The van der Waals surface area contributed by atoms with E-state index in [2.05, 4.69) is 4.72 Å². The van der Waals surface area contributed by atoms with Crippen molar-refractivity contribution >= 4 is 39.5 Å². The lowest BCUT2D eigenvalue weighted by Gasteiger charge is -2.36. The number of thioether (sulfide) groups is 2. The topological polar surface area (TPSA) is 83.5 Å². The molecule has 0 radical (unpaired) electrons. The molecule has 1 saturated heterocycles. The number of sulfonamides is 1. The van der Waals surface area contributed by atoms with Crippen molar-refractivity contribution in [3.8, 4) is 0 Å². The zero-order chi connectivity index (χ0) is 18.7. The Balaban J connectivity index is 2.22. The van der Waals surface area contributed by atoms with Gasteiger partial charge in [-0.25, -0.2) is 17.9 Å². The largest absolute Gasteiger partial charge is 0.480 e. The number of carboxylic acid groups (broad SMARTS) is 1. The molecule has 2 rings (SSSR count). The van der Waals surface area contributed by atoms with Gasteiger partial charge in [-0.15, -0.1) is 23.5 Å². The van der Waals surface area contributed by atoms with E-state index in [1.807, 2.05) is 20.8 Å². The van der Waals surface area contributed by atoms with Crippen LogP contribution in [-0.4, -0.2) is 41.1 Å². The van der Waals surface area contributed by atoms with Crippen LogP contribution in [0.4, 0.5) is 0 Å². The highest BCUT2D eigenvalue weighted by Crippen LogP contribution is 2.46. The van der Waals surface area contributed by atoms with Crippen LogP contribution in [0.2, 0.25) is 0 Å². The molecule has 25 heavy (non-hydrogen) atoms. The Hall–Kier alpha value is -0.700. The Labute approximate surface area is 158 Å². The summed E-state index contributed by atoms with van der Waals surface area (Å²) in [5.74, 6) is 0.686. The van der Waals surface area contributed by atoms with Crippen molar-refractivity contribution in [2.45, 2.75) is 48.6 Å². The molecule has 0 amide bonds. The smallest absolute Gasteiger partial charge is 0.330 e. The predicted molar refractivity (Wildman–Crippen MR) is 105 cm³/mol. The van der Waals surface area contributed by atoms with Crippen molar-refractivity contribution in [3.05, 3.63) is 29.8 Å². The van der Waals surface area contributed by atoms with Gasteiger partial charge in [0.25, 0.3) is 0 Å². The van der Waals surface area contributed by atoms with Gasteiger partial charge in [0, 0.05) is 6.04 Å². The maximum absolute atomic E-state index is 12.7. The highest BCUT2D eigenvalue weighted by atomic mass is 32.2. The van der Waals surface area contributed by atoms with Crippen LogP contribution in [0.3, 0.4) is 0 Å². The first kappa shape index (κ1) is 20.6. The third-order valence-electron chi connectivity index (χ3n) is 4.22. The number of nitrogens with one attached hydrogen (secondary N) is 1. The lowest BCUT2D eigenvalue weighted by atomic mass is 10.00. The maximum atomic E-state index is 12.7. The highest BCUT2D eigenvalue weighted by molar-refractivity contribution is 8.19. The Bertz CT molecular complexity index is 695. The monoisotopic (exact) mass is 403 g/mol. The lowest BCUT2D eigenvalue weighted by Crippen LogP contribution is -2.46. The van der Waals surface area contributed by atoms with Crippen LogP contribution < -0.4 is 4.72 Å². The standard InChI is InChI=1S/C17H25NO4S3/c1-12(2)15(11-17(16(19)20)23-9-4-10-24-17)18-25(21,22)14-7-5-13(3)6-8-14/h5-8,12,15,18H,4,9-11H2,1-3H3,(H,19,20)/t15-/m1/s1. The van der Waals surface area contributed by atoms with E-state index >= 15 is 0 Å². The van der Waals surface area contributed by atoms with E-state index in [0.29, 0.717) is 0 Å². The van der Waals surface area contributed by atoms with Gasteiger partial charge in [-0.05, 0) is 49.3 Å². The third kappa shape index (κ3) is 5.15. The second kappa shape index (κ2) is 8.33. The molecule has 140 valence electrons. The second-order valence-electron chi connectivity index (χ2n) is 6.60. The summed E-state index contributed by atoms with van der Waals surface area (Å²) in [6.45, 7) is 5.72. The summed E-state index contributed by atoms with van der Waals surface area (Å²) in [4.78, 5) is 12.1. The fourth-order valence-corrected chi connectivity index (χ4v) is 7.07. The first-order valence-corrected chi connectivity index (χ1v) is 11.7. The quantitative estimate of drug-likeness (QED) is 0.726. The number of aliphatic carboxylic acids is 1. The third-order valence-corrected chi connectivity index (χ3v) is 9.03. The predicted octanol–water partition coefficient (Wildman–Crippen LogP) is 3.34. The van der Waals surface area contributed by atoms with Gasteiger partial charge < -0.3 is 5.11 Å². The molecular weight excluding hydrogens is 378 g/mol. The van der Waals surface area contributed by atoms with Gasteiger partial charge in [-0.1, -0.05) is 31.5 Å². The van der Waals surface area contributed by atoms with Crippen LogP contribution in [0.1, 0.15) is 32.3 Å². The summed E-state index contributed by atoms with van der Waals surface area (Å²) in [6, 6.07) is 6.22. The number of hydrogen-bond acceptors (Lipinski definition) is 5. The van der Waals surface area contributed by atoms with E-state index in [1.165, 1.54) is 23.5 Å². The summed E-state index contributed by atoms with van der Waals surface area (Å²) >= 11 is 2.83. The molecule has 0 spiro atoms.